The standard InChI is InChI=1S/C9H9N3S/c1-7-9(11-12-10-7)13-8-5-3-2-4-6-8/h2-6H,1H3,(H,10,11,12). The molecule has 66 valence electrons. The van der Waals surface area contributed by atoms with Gasteiger partial charge in [0.1, 0.15) is 5.03 Å². The molecule has 0 bridgehead atoms. The minimum Gasteiger partial charge on any atom is -0.251 e. The Hall–Kier alpha value is -1.29. The highest BCUT2D eigenvalue weighted by Gasteiger charge is 2.02. The number of hydrogen-bond acceptors (Lipinski definition) is 3. The number of H-pyrrole nitrogens is 1. The molecule has 4 heteroatoms. The summed E-state index contributed by atoms with van der Waals surface area (Å²) in [7, 11) is 0. The fourth-order valence-corrected chi connectivity index (χ4v) is 1.78. The van der Waals surface area contributed by atoms with Crippen LogP contribution in [0.2, 0.25) is 0 Å². The summed E-state index contributed by atoms with van der Waals surface area (Å²) in [5.74, 6) is 0. The first-order valence-electron chi connectivity index (χ1n) is 3.97. The van der Waals surface area contributed by atoms with E-state index in [0.717, 1.165) is 10.7 Å². The Morgan fingerprint density at radius 2 is 2.00 bits per heavy atom. The van der Waals surface area contributed by atoms with Crippen molar-refractivity contribution in [3.8, 4) is 0 Å². The van der Waals surface area contributed by atoms with Gasteiger partial charge in [-0.15, -0.1) is 5.10 Å². The second-order valence-electron chi connectivity index (χ2n) is 2.64. The summed E-state index contributed by atoms with van der Waals surface area (Å²) in [6, 6.07) is 10.2. The average Bonchev–Trinajstić information content (AvgIpc) is 2.54. The van der Waals surface area contributed by atoms with Crippen molar-refractivity contribution in [2.75, 3.05) is 0 Å². The normalized spacial score (nSPS) is 10.2. The molecule has 1 aromatic heterocycles. The summed E-state index contributed by atoms with van der Waals surface area (Å²) in [6.45, 7) is 1.94. The lowest BCUT2D eigenvalue weighted by molar-refractivity contribution is 0.908. The van der Waals surface area contributed by atoms with Crippen molar-refractivity contribution in [2.45, 2.75) is 16.8 Å². The van der Waals surface area contributed by atoms with Gasteiger partial charge in [0.05, 0.1) is 5.69 Å². The SMILES string of the molecule is Cc1nn[nH]c1Sc1ccccc1. The zero-order valence-electron chi connectivity index (χ0n) is 7.19. The minimum absolute atomic E-state index is 0.939. The summed E-state index contributed by atoms with van der Waals surface area (Å²) in [5.41, 5.74) is 0.939. The molecule has 3 nitrogen and oxygen atoms in total. The van der Waals surface area contributed by atoms with Crippen LogP contribution in [0, 0.1) is 6.92 Å². The van der Waals surface area contributed by atoms with Crippen LogP contribution in [0.3, 0.4) is 0 Å². The Balaban J connectivity index is 2.20. The van der Waals surface area contributed by atoms with E-state index in [2.05, 4.69) is 27.5 Å². The monoisotopic (exact) mass is 191 g/mol. The average molecular weight is 191 g/mol. The van der Waals surface area contributed by atoms with Crippen LogP contribution in [0.1, 0.15) is 5.69 Å². The van der Waals surface area contributed by atoms with Crippen LogP contribution in [0.15, 0.2) is 40.3 Å². The van der Waals surface area contributed by atoms with E-state index >= 15 is 0 Å². The molecular formula is C9H9N3S. The van der Waals surface area contributed by atoms with Gasteiger partial charge < -0.3 is 0 Å². The molecule has 2 aromatic rings. The third-order valence-corrected chi connectivity index (χ3v) is 2.74. The highest BCUT2D eigenvalue weighted by atomic mass is 32.2. The number of nitrogens with one attached hydrogen (secondary N) is 1. The van der Waals surface area contributed by atoms with Crippen LogP contribution in [-0.2, 0) is 0 Å². The van der Waals surface area contributed by atoms with Gasteiger partial charge in [-0.2, -0.15) is 0 Å². The molecule has 1 aromatic carbocycles. The highest BCUT2D eigenvalue weighted by molar-refractivity contribution is 7.99. The van der Waals surface area contributed by atoms with Crippen LogP contribution in [0.5, 0.6) is 0 Å². The second kappa shape index (κ2) is 3.62. The molecule has 0 unspecified atom stereocenters. The van der Waals surface area contributed by atoms with E-state index in [-0.39, 0.29) is 0 Å². The number of nitrogens with zero attached hydrogens (tertiary/aromatic N) is 2. The molecule has 0 fully saturated rings. The Morgan fingerprint density at radius 1 is 1.23 bits per heavy atom. The molecule has 13 heavy (non-hydrogen) atoms. The van der Waals surface area contributed by atoms with E-state index in [1.807, 2.05) is 25.1 Å². The molecule has 0 spiro atoms. The van der Waals surface area contributed by atoms with Crippen LogP contribution in [0.25, 0.3) is 0 Å². The van der Waals surface area contributed by atoms with Gasteiger partial charge >= 0.3 is 0 Å². The van der Waals surface area contributed by atoms with Crippen molar-refractivity contribution >= 4 is 11.8 Å². The van der Waals surface area contributed by atoms with Crippen molar-refractivity contribution in [3.63, 3.8) is 0 Å². The van der Waals surface area contributed by atoms with Crippen LogP contribution >= 0.6 is 11.8 Å². The van der Waals surface area contributed by atoms with Crippen LogP contribution in [-0.4, -0.2) is 15.4 Å². The molecule has 0 aliphatic carbocycles. The molecule has 2 rings (SSSR count). The number of benzene rings is 1. The number of hydrogen-bond donors (Lipinski definition) is 1. The lowest BCUT2D eigenvalue weighted by atomic mass is 10.4. The Kier molecular flexibility index (Phi) is 2.31. The summed E-state index contributed by atoms with van der Waals surface area (Å²) in [6.07, 6.45) is 0. The Morgan fingerprint density at radius 3 is 2.62 bits per heavy atom. The van der Waals surface area contributed by atoms with E-state index in [9.17, 15) is 0 Å². The molecule has 1 heterocycles. The first-order valence-corrected chi connectivity index (χ1v) is 4.78. The maximum Gasteiger partial charge on any atom is 0.119 e. The van der Waals surface area contributed by atoms with Gasteiger partial charge in [-0.25, -0.2) is 0 Å². The maximum atomic E-state index is 3.89. The molecule has 0 amide bonds. The largest absolute Gasteiger partial charge is 0.251 e. The maximum absolute atomic E-state index is 3.89. The van der Waals surface area contributed by atoms with E-state index in [0.29, 0.717) is 0 Å². The molecule has 0 aliphatic heterocycles. The molecule has 1 N–H and O–H groups in total. The molecular weight excluding hydrogens is 182 g/mol. The van der Waals surface area contributed by atoms with Gasteiger partial charge in [-0.05, 0) is 19.1 Å². The lowest BCUT2D eigenvalue weighted by Gasteiger charge is -1.96. The van der Waals surface area contributed by atoms with E-state index in [1.165, 1.54) is 4.90 Å². The lowest BCUT2D eigenvalue weighted by Crippen LogP contribution is -1.76. The summed E-state index contributed by atoms with van der Waals surface area (Å²) < 4.78 is 0. The van der Waals surface area contributed by atoms with Gasteiger partial charge in [0.2, 0.25) is 0 Å². The van der Waals surface area contributed by atoms with E-state index in [4.69, 9.17) is 0 Å². The molecule has 0 aliphatic rings. The first-order chi connectivity index (χ1) is 6.36. The quantitative estimate of drug-likeness (QED) is 0.791. The summed E-state index contributed by atoms with van der Waals surface area (Å²) in [4.78, 5) is 1.19. The van der Waals surface area contributed by atoms with Crippen molar-refractivity contribution in [1.82, 2.24) is 15.4 Å². The van der Waals surface area contributed by atoms with Gasteiger partial charge in [0.25, 0.3) is 0 Å². The van der Waals surface area contributed by atoms with E-state index in [1.54, 1.807) is 11.8 Å². The minimum atomic E-state index is 0.939. The second-order valence-corrected chi connectivity index (χ2v) is 3.73. The molecule has 0 saturated heterocycles. The third kappa shape index (κ3) is 1.89. The fraction of sp³-hybridized carbons (Fsp3) is 0.111. The Bertz CT molecular complexity index is 383. The topological polar surface area (TPSA) is 41.6 Å². The summed E-state index contributed by atoms with van der Waals surface area (Å²) >= 11 is 1.64. The zero-order chi connectivity index (χ0) is 9.10. The fourth-order valence-electron chi connectivity index (χ4n) is 0.975. The van der Waals surface area contributed by atoms with Crippen molar-refractivity contribution in [3.05, 3.63) is 36.0 Å². The van der Waals surface area contributed by atoms with Gasteiger partial charge in [0, 0.05) is 4.90 Å². The van der Waals surface area contributed by atoms with Crippen LogP contribution in [0.4, 0.5) is 0 Å². The third-order valence-electron chi connectivity index (χ3n) is 1.64. The number of aromatic nitrogens is 3. The van der Waals surface area contributed by atoms with Crippen molar-refractivity contribution in [2.24, 2.45) is 0 Å². The van der Waals surface area contributed by atoms with Crippen LogP contribution < -0.4 is 0 Å². The number of aryl methyl sites for hydroxylation is 1. The highest BCUT2D eigenvalue weighted by Crippen LogP contribution is 2.26. The molecule has 0 radical (unpaired) electrons. The van der Waals surface area contributed by atoms with Gasteiger partial charge in [-0.3, -0.25) is 5.10 Å². The molecule has 0 atom stereocenters. The summed E-state index contributed by atoms with van der Waals surface area (Å²) in [5, 5.41) is 11.5. The van der Waals surface area contributed by atoms with Crippen molar-refractivity contribution in [1.29, 1.82) is 0 Å². The predicted octanol–water partition coefficient (Wildman–Crippen LogP) is 2.26. The first kappa shape index (κ1) is 8.31. The van der Waals surface area contributed by atoms with Gasteiger partial charge in [-0.1, -0.05) is 35.2 Å². The zero-order valence-corrected chi connectivity index (χ0v) is 8.01. The van der Waals surface area contributed by atoms with E-state index < -0.39 is 0 Å². The predicted molar refractivity (Wildman–Crippen MR) is 51.7 cm³/mol. The van der Waals surface area contributed by atoms with Crippen molar-refractivity contribution < 1.29 is 0 Å². The van der Waals surface area contributed by atoms with Gasteiger partial charge in [0.15, 0.2) is 0 Å². The number of aromatic amines is 1. The smallest absolute Gasteiger partial charge is 0.119 e. The number of rotatable bonds is 2. The molecule has 0 saturated carbocycles. The Labute approximate surface area is 80.6 Å².